The van der Waals surface area contributed by atoms with Crippen molar-refractivity contribution in [2.75, 3.05) is 0 Å². The Labute approximate surface area is 110 Å². The van der Waals surface area contributed by atoms with Gasteiger partial charge in [0.05, 0.1) is 10.5 Å². The predicted octanol–water partition coefficient (Wildman–Crippen LogP) is 2.53. The first kappa shape index (κ1) is 14.4. The van der Waals surface area contributed by atoms with E-state index in [-0.39, 0.29) is 5.91 Å². The number of rotatable bonds is 6. The summed E-state index contributed by atoms with van der Waals surface area (Å²) in [6.07, 6.45) is 7.05. The third-order valence-corrected chi connectivity index (χ3v) is 4.40. The largest absolute Gasteiger partial charge is 0.391 e. The minimum Gasteiger partial charge on any atom is -0.391 e. The molecule has 0 aromatic rings. The number of nitrogens with one attached hydrogen (secondary N) is 1. The van der Waals surface area contributed by atoms with Crippen LogP contribution in [0.4, 0.5) is 0 Å². The van der Waals surface area contributed by atoms with E-state index in [1.807, 2.05) is 13.8 Å². The molecule has 3 N–H and O–H groups in total. The molecule has 1 saturated carbocycles. The van der Waals surface area contributed by atoms with Crippen LogP contribution in [0.15, 0.2) is 0 Å². The van der Waals surface area contributed by atoms with Gasteiger partial charge >= 0.3 is 0 Å². The van der Waals surface area contributed by atoms with Crippen LogP contribution in [0.5, 0.6) is 0 Å². The number of carbonyl (C=O) groups is 1. The summed E-state index contributed by atoms with van der Waals surface area (Å²) in [4.78, 5) is 12.4. The van der Waals surface area contributed by atoms with Gasteiger partial charge in [0.25, 0.3) is 0 Å². The highest BCUT2D eigenvalue weighted by Crippen LogP contribution is 2.28. The molecule has 1 aliphatic rings. The van der Waals surface area contributed by atoms with Crippen LogP contribution in [0.3, 0.4) is 0 Å². The molecular weight excluding hydrogens is 232 g/mol. The van der Waals surface area contributed by atoms with E-state index in [0.29, 0.717) is 17.3 Å². The van der Waals surface area contributed by atoms with Crippen molar-refractivity contribution in [1.29, 1.82) is 0 Å². The first-order valence-corrected chi connectivity index (χ1v) is 7.05. The lowest BCUT2D eigenvalue weighted by Gasteiger charge is -2.32. The number of thiocarbonyl (C=S) groups is 1. The van der Waals surface area contributed by atoms with Crippen molar-refractivity contribution in [3.05, 3.63) is 0 Å². The molecule has 0 aliphatic heterocycles. The number of amides is 1. The second kappa shape index (κ2) is 6.34. The monoisotopic (exact) mass is 256 g/mol. The molecule has 0 aromatic carbocycles. The van der Waals surface area contributed by atoms with Crippen molar-refractivity contribution in [3.63, 3.8) is 0 Å². The van der Waals surface area contributed by atoms with E-state index in [9.17, 15) is 4.79 Å². The predicted molar refractivity (Wildman–Crippen MR) is 74.8 cm³/mol. The van der Waals surface area contributed by atoms with Gasteiger partial charge in [-0.2, -0.15) is 0 Å². The standard InChI is InChI=1S/C13H24N2OS/c1-3-13(4-2,12(14)17)15-11(16)9-10-7-5-6-8-10/h10H,3-9H2,1-2H3,(H2,14,17)(H,15,16). The summed E-state index contributed by atoms with van der Waals surface area (Å²) in [5, 5.41) is 3.05. The molecule has 0 heterocycles. The molecule has 0 aromatic heterocycles. The fourth-order valence-electron chi connectivity index (χ4n) is 2.63. The van der Waals surface area contributed by atoms with E-state index in [0.717, 1.165) is 12.8 Å². The molecule has 1 rings (SSSR count). The van der Waals surface area contributed by atoms with E-state index in [4.69, 9.17) is 18.0 Å². The van der Waals surface area contributed by atoms with Gasteiger partial charge in [-0.3, -0.25) is 4.79 Å². The fourth-order valence-corrected chi connectivity index (χ4v) is 2.97. The maximum atomic E-state index is 12.0. The van der Waals surface area contributed by atoms with Crippen molar-refractivity contribution in [2.45, 2.75) is 64.3 Å². The highest BCUT2D eigenvalue weighted by Gasteiger charge is 2.32. The van der Waals surface area contributed by atoms with E-state index >= 15 is 0 Å². The van der Waals surface area contributed by atoms with Crippen LogP contribution >= 0.6 is 12.2 Å². The van der Waals surface area contributed by atoms with Crippen LogP contribution in [-0.4, -0.2) is 16.4 Å². The lowest BCUT2D eigenvalue weighted by Crippen LogP contribution is -2.56. The third kappa shape index (κ3) is 3.66. The van der Waals surface area contributed by atoms with Gasteiger partial charge in [-0.15, -0.1) is 0 Å². The Hall–Kier alpha value is -0.640. The zero-order chi connectivity index (χ0) is 12.9. The van der Waals surface area contributed by atoms with Gasteiger partial charge in [0, 0.05) is 6.42 Å². The minimum absolute atomic E-state index is 0.105. The Balaban J connectivity index is 2.54. The highest BCUT2D eigenvalue weighted by molar-refractivity contribution is 7.80. The summed E-state index contributed by atoms with van der Waals surface area (Å²) >= 11 is 5.09. The molecule has 98 valence electrons. The lowest BCUT2D eigenvalue weighted by atomic mass is 9.92. The second-order valence-corrected chi connectivity index (χ2v) is 5.50. The topological polar surface area (TPSA) is 55.1 Å². The van der Waals surface area contributed by atoms with Crippen molar-refractivity contribution in [2.24, 2.45) is 11.7 Å². The number of hydrogen-bond donors (Lipinski definition) is 2. The third-order valence-electron chi connectivity index (χ3n) is 4.01. The average Bonchev–Trinajstić information content (AvgIpc) is 2.78. The number of hydrogen-bond acceptors (Lipinski definition) is 2. The van der Waals surface area contributed by atoms with Gasteiger partial charge in [-0.25, -0.2) is 0 Å². The van der Waals surface area contributed by atoms with Gasteiger partial charge in [0.2, 0.25) is 5.91 Å². The molecule has 1 aliphatic carbocycles. The maximum Gasteiger partial charge on any atom is 0.221 e. The van der Waals surface area contributed by atoms with Crippen molar-refractivity contribution in [1.82, 2.24) is 5.32 Å². The Bertz CT molecular complexity index is 281. The summed E-state index contributed by atoms with van der Waals surface area (Å²) in [6.45, 7) is 4.02. The van der Waals surface area contributed by atoms with Crippen molar-refractivity contribution < 1.29 is 4.79 Å². The van der Waals surface area contributed by atoms with E-state index in [2.05, 4.69) is 5.32 Å². The van der Waals surface area contributed by atoms with E-state index in [1.165, 1.54) is 25.7 Å². The minimum atomic E-state index is -0.481. The van der Waals surface area contributed by atoms with Gasteiger partial charge < -0.3 is 11.1 Å². The van der Waals surface area contributed by atoms with Crippen LogP contribution in [0.1, 0.15) is 58.8 Å². The van der Waals surface area contributed by atoms with Gasteiger partial charge in [0.15, 0.2) is 0 Å². The average molecular weight is 256 g/mol. The van der Waals surface area contributed by atoms with Gasteiger partial charge in [-0.1, -0.05) is 38.9 Å². The first-order chi connectivity index (χ1) is 8.04. The smallest absolute Gasteiger partial charge is 0.221 e. The molecule has 0 bridgehead atoms. The second-order valence-electron chi connectivity index (χ2n) is 5.06. The van der Waals surface area contributed by atoms with Crippen LogP contribution in [-0.2, 0) is 4.79 Å². The fraction of sp³-hybridized carbons (Fsp3) is 0.846. The summed E-state index contributed by atoms with van der Waals surface area (Å²) in [6, 6.07) is 0. The van der Waals surface area contributed by atoms with Crippen molar-refractivity contribution in [3.8, 4) is 0 Å². The maximum absolute atomic E-state index is 12.0. The quantitative estimate of drug-likeness (QED) is 0.718. The molecule has 1 amide bonds. The molecule has 0 saturated heterocycles. The van der Waals surface area contributed by atoms with E-state index in [1.54, 1.807) is 0 Å². The summed E-state index contributed by atoms with van der Waals surface area (Å²) < 4.78 is 0. The Morgan fingerprint density at radius 3 is 2.29 bits per heavy atom. The van der Waals surface area contributed by atoms with Gasteiger partial charge in [-0.05, 0) is 31.6 Å². The molecule has 4 heteroatoms. The van der Waals surface area contributed by atoms with Crippen LogP contribution in [0.2, 0.25) is 0 Å². The highest BCUT2D eigenvalue weighted by atomic mass is 32.1. The molecule has 17 heavy (non-hydrogen) atoms. The van der Waals surface area contributed by atoms with Gasteiger partial charge in [0.1, 0.15) is 0 Å². The zero-order valence-electron chi connectivity index (χ0n) is 10.9. The molecule has 0 unspecified atom stereocenters. The normalized spacial score (nSPS) is 17.1. The SMILES string of the molecule is CCC(CC)(NC(=O)CC1CCCC1)C(N)=S. The van der Waals surface area contributed by atoms with Crippen LogP contribution < -0.4 is 11.1 Å². The molecule has 0 radical (unpaired) electrons. The molecular formula is C13H24N2OS. The molecule has 0 atom stereocenters. The summed E-state index contributed by atoms with van der Waals surface area (Å²) in [5.74, 6) is 0.668. The van der Waals surface area contributed by atoms with E-state index < -0.39 is 5.54 Å². The van der Waals surface area contributed by atoms with Crippen molar-refractivity contribution >= 4 is 23.1 Å². The first-order valence-electron chi connectivity index (χ1n) is 6.65. The number of nitrogens with two attached hydrogens (primary N) is 1. The summed E-state index contributed by atoms with van der Waals surface area (Å²) in [5.41, 5.74) is 5.28. The molecule has 3 nitrogen and oxygen atoms in total. The van der Waals surface area contributed by atoms with Crippen LogP contribution in [0.25, 0.3) is 0 Å². The lowest BCUT2D eigenvalue weighted by molar-refractivity contribution is -0.123. The zero-order valence-corrected chi connectivity index (χ0v) is 11.7. The Kier molecular flexibility index (Phi) is 5.37. The van der Waals surface area contributed by atoms with Crippen LogP contribution in [0, 0.1) is 5.92 Å². The molecule has 0 spiro atoms. The Morgan fingerprint density at radius 1 is 1.35 bits per heavy atom. The molecule has 1 fully saturated rings. The number of carbonyl (C=O) groups excluding carboxylic acids is 1. The Morgan fingerprint density at radius 2 is 1.88 bits per heavy atom. The summed E-state index contributed by atoms with van der Waals surface area (Å²) in [7, 11) is 0.